The summed E-state index contributed by atoms with van der Waals surface area (Å²) in [6, 6.07) is 15.3. The van der Waals surface area contributed by atoms with Gasteiger partial charge in [0.15, 0.2) is 0 Å². The zero-order valence-corrected chi connectivity index (χ0v) is 16.0. The van der Waals surface area contributed by atoms with Crippen molar-refractivity contribution in [3.05, 3.63) is 71.1 Å². The second-order valence-electron chi connectivity index (χ2n) is 5.78. The van der Waals surface area contributed by atoms with Gasteiger partial charge in [0, 0.05) is 23.5 Å². The van der Waals surface area contributed by atoms with Crippen LogP contribution < -0.4 is 10.5 Å². The molecule has 0 bridgehead atoms. The molecule has 0 radical (unpaired) electrons. The number of pyridine rings is 2. The van der Waals surface area contributed by atoms with Crippen LogP contribution in [0.1, 0.15) is 5.01 Å². The predicted octanol–water partition coefficient (Wildman–Crippen LogP) is 5.60. The van der Waals surface area contributed by atoms with Crippen molar-refractivity contribution in [1.29, 1.82) is 0 Å². The average molecular weight is 395 g/mol. The lowest BCUT2D eigenvalue weighted by atomic mass is 10.1. The Bertz CT molecular complexity index is 1080. The third-order valence-electron chi connectivity index (χ3n) is 3.91. The molecule has 0 fully saturated rings. The lowest BCUT2D eigenvalue weighted by molar-refractivity contribution is 0.498. The highest BCUT2D eigenvalue weighted by Gasteiger charge is 2.18. The number of thiazole rings is 1. The maximum atomic E-state index is 6.26. The Balaban J connectivity index is 1.79. The van der Waals surface area contributed by atoms with Gasteiger partial charge in [0.1, 0.15) is 22.4 Å². The van der Waals surface area contributed by atoms with Crippen molar-refractivity contribution in [1.82, 2.24) is 15.0 Å². The van der Waals surface area contributed by atoms with Gasteiger partial charge in [-0.1, -0.05) is 53.3 Å². The van der Waals surface area contributed by atoms with Crippen molar-refractivity contribution in [2.45, 2.75) is 6.92 Å². The summed E-state index contributed by atoms with van der Waals surface area (Å²) in [4.78, 5) is 13.0. The Kier molecular flexibility index (Phi) is 4.75. The van der Waals surface area contributed by atoms with Crippen LogP contribution in [0.15, 0.2) is 60.9 Å². The van der Waals surface area contributed by atoms with Crippen molar-refractivity contribution >= 4 is 28.8 Å². The van der Waals surface area contributed by atoms with E-state index in [2.05, 4.69) is 15.0 Å². The van der Waals surface area contributed by atoms with Gasteiger partial charge >= 0.3 is 0 Å². The van der Waals surface area contributed by atoms with E-state index in [1.807, 2.05) is 43.3 Å². The van der Waals surface area contributed by atoms with Gasteiger partial charge in [-0.05, 0) is 25.1 Å². The molecule has 0 unspecified atom stereocenters. The van der Waals surface area contributed by atoms with Crippen molar-refractivity contribution in [2.24, 2.45) is 0 Å². The first-order valence-electron chi connectivity index (χ1n) is 8.19. The number of rotatable bonds is 4. The molecular weight excluding hydrogens is 380 g/mol. The topological polar surface area (TPSA) is 73.9 Å². The third kappa shape index (κ3) is 3.63. The van der Waals surface area contributed by atoms with E-state index in [0.717, 1.165) is 21.8 Å². The molecule has 0 saturated heterocycles. The first kappa shape index (κ1) is 17.5. The second-order valence-corrected chi connectivity index (χ2v) is 7.33. The fourth-order valence-corrected chi connectivity index (χ4v) is 3.62. The highest BCUT2D eigenvalue weighted by atomic mass is 35.5. The van der Waals surface area contributed by atoms with Crippen LogP contribution in [-0.4, -0.2) is 15.0 Å². The Hall–Kier alpha value is -2.96. The van der Waals surface area contributed by atoms with Crippen molar-refractivity contribution < 1.29 is 4.74 Å². The van der Waals surface area contributed by atoms with Gasteiger partial charge in [0.2, 0.25) is 5.06 Å². The minimum absolute atomic E-state index is 0.360. The standard InChI is InChI=1S/C20H15ClN4OS/c1-12-25-18(13-5-3-2-4-6-13)20(27-12)26-15-9-10-23-19(22)17(15)14-7-8-16(21)24-11-14/h2-11H,1H3,(H2,22,23). The van der Waals surface area contributed by atoms with Crippen LogP contribution in [-0.2, 0) is 0 Å². The van der Waals surface area contributed by atoms with E-state index in [-0.39, 0.29) is 0 Å². The Labute approximate surface area is 165 Å². The number of halogens is 1. The summed E-state index contributed by atoms with van der Waals surface area (Å²) in [6.07, 6.45) is 3.27. The van der Waals surface area contributed by atoms with Crippen molar-refractivity contribution in [2.75, 3.05) is 5.73 Å². The Morgan fingerprint density at radius 3 is 2.56 bits per heavy atom. The molecule has 0 aliphatic rings. The average Bonchev–Trinajstić information content (AvgIpc) is 3.04. The number of anilines is 1. The van der Waals surface area contributed by atoms with E-state index in [9.17, 15) is 0 Å². The van der Waals surface area contributed by atoms with E-state index in [0.29, 0.717) is 27.3 Å². The molecule has 0 spiro atoms. The lowest BCUT2D eigenvalue weighted by Crippen LogP contribution is -1.97. The monoisotopic (exact) mass is 394 g/mol. The molecule has 4 aromatic rings. The van der Waals surface area contributed by atoms with Crippen LogP contribution >= 0.6 is 22.9 Å². The number of nitrogen functional groups attached to an aromatic ring is 1. The van der Waals surface area contributed by atoms with Gasteiger partial charge in [-0.3, -0.25) is 0 Å². The number of aromatic nitrogens is 3. The summed E-state index contributed by atoms with van der Waals surface area (Å²) in [5.41, 5.74) is 9.38. The predicted molar refractivity (Wildman–Crippen MR) is 109 cm³/mol. The van der Waals surface area contributed by atoms with Crippen LogP contribution in [0.3, 0.4) is 0 Å². The van der Waals surface area contributed by atoms with E-state index in [1.54, 1.807) is 24.5 Å². The molecule has 0 atom stereocenters. The van der Waals surface area contributed by atoms with E-state index >= 15 is 0 Å². The molecule has 3 heterocycles. The SMILES string of the molecule is Cc1nc(-c2ccccc2)c(Oc2ccnc(N)c2-c2ccc(Cl)nc2)s1. The molecule has 0 saturated carbocycles. The number of nitrogens with two attached hydrogens (primary N) is 1. The molecule has 27 heavy (non-hydrogen) atoms. The van der Waals surface area contributed by atoms with Gasteiger partial charge in [0.25, 0.3) is 0 Å². The van der Waals surface area contributed by atoms with Gasteiger partial charge in [-0.15, -0.1) is 0 Å². The van der Waals surface area contributed by atoms with Gasteiger partial charge in [-0.2, -0.15) is 0 Å². The molecule has 0 amide bonds. The van der Waals surface area contributed by atoms with Crippen LogP contribution in [0.25, 0.3) is 22.4 Å². The first-order chi connectivity index (χ1) is 13.1. The number of aryl methyl sites for hydroxylation is 1. The number of hydrogen-bond donors (Lipinski definition) is 1. The lowest BCUT2D eigenvalue weighted by Gasteiger charge is -2.12. The quantitative estimate of drug-likeness (QED) is 0.456. The van der Waals surface area contributed by atoms with Crippen LogP contribution in [0.2, 0.25) is 5.15 Å². The molecular formula is C20H15ClN4OS. The van der Waals surface area contributed by atoms with Gasteiger partial charge in [-0.25, -0.2) is 15.0 Å². The maximum Gasteiger partial charge on any atom is 0.208 e. The molecule has 134 valence electrons. The number of hydrogen-bond acceptors (Lipinski definition) is 6. The van der Waals surface area contributed by atoms with Crippen molar-refractivity contribution in [3.8, 4) is 33.2 Å². The molecule has 7 heteroatoms. The Morgan fingerprint density at radius 2 is 1.81 bits per heavy atom. The number of benzene rings is 1. The minimum atomic E-state index is 0.360. The molecule has 4 rings (SSSR count). The summed E-state index contributed by atoms with van der Waals surface area (Å²) < 4.78 is 6.26. The van der Waals surface area contributed by atoms with Crippen LogP contribution in [0, 0.1) is 6.92 Å². The maximum absolute atomic E-state index is 6.26. The zero-order chi connectivity index (χ0) is 18.8. The molecule has 2 N–H and O–H groups in total. The summed E-state index contributed by atoms with van der Waals surface area (Å²) in [5, 5.41) is 2.03. The highest BCUT2D eigenvalue weighted by Crippen LogP contribution is 2.42. The molecule has 5 nitrogen and oxygen atoms in total. The van der Waals surface area contributed by atoms with Gasteiger partial charge < -0.3 is 10.5 Å². The first-order valence-corrected chi connectivity index (χ1v) is 9.38. The molecule has 0 aliphatic heterocycles. The molecule has 3 aromatic heterocycles. The van der Waals surface area contributed by atoms with Crippen molar-refractivity contribution in [3.63, 3.8) is 0 Å². The van der Waals surface area contributed by atoms with E-state index in [1.165, 1.54) is 11.3 Å². The summed E-state index contributed by atoms with van der Waals surface area (Å²) in [7, 11) is 0. The fraction of sp³-hybridized carbons (Fsp3) is 0.0500. The molecule has 0 aliphatic carbocycles. The second kappa shape index (κ2) is 7.34. The number of ether oxygens (including phenoxy) is 1. The Morgan fingerprint density at radius 1 is 1.00 bits per heavy atom. The fourth-order valence-electron chi connectivity index (χ4n) is 2.71. The summed E-state index contributed by atoms with van der Waals surface area (Å²) >= 11 is 7.39. The minimum Gasteiger partial charge on any atom is -0.443 e. The number of nitrogens with zero attached hydrogens (tertiary/aromatic N) is 3. The normalized spacial score (nSPS) is 10.7. The highest BCUT2D eigenvalue weighted by molar-refractivity contribution is 7.13. The van der Waals surface area contributed by atoms with E-state index in [4.69, 9.17) is 22.1 Å². The van der Waals surface area contributed by atoms with E-state index < -0.39 is 0 Å². The molecule has 1 aromatic carbocycles. The summed E-state index contributed by atoms with van der Waals surface area (Å²) in [5.74, 6) is 0.951. The smallest absolute Gasteiger partial charge is 0.208 e. The van der Waals surface area contributed by atoms with Crippen LogP contribution in [0.5, 0.6) is 10.8 Å². The third-order valence-corrected chi connectivity index (χ3v) is 4.98. The van der Waals surface area contributed by atoms with Crippen LogP contribution in [0.4, 0.5) is 5.82 Å². The summed E-state index contributed by atoms with van der Waals surface area (Å²) in [6.45, 7) is 1.95. The van der Waals surface area contributed by atoms with Gasteiger partial charge in [0.05, 0.1) is 10.6 Å². The zero-order valence-electron chi connectivity index (χ0n) is 14.4. The largest absolute Gasteiger partial charge is 0.443 e.